The highest BCUT2D eigenvalue weighted by Gasteiger charge is 2.70. The van der Waals surface area contributed by atoms with E-state index in [2.05, 4.69) is 65.0 Å². The third kappa shape index (κ3) is 3.35. The molecule has 0 aliphatic heterocycles. The number of allylic oxidation sites excluding steroid dienone is 2. The largest absolute Gasteiger partial charge is 0.453 e. The van der Waals surface area contributed by atoms with Crippen LogP contribution in [-0.2, 0) is 21.4 Å². The summed E-state index contributed by atoms with van der Waals surface area (Å²) < 4.78 is 11.0. The summed E-state index contributed by atoms with van der Waals surface area (Å²) >= 11 is 0. The van der Waals surface area contributed by atoms with Gasteiger partial charge in [-0.3, -0.25) is 4.79 Å². The third-order valence-electron chi connectivity index (χ3n) is 13.4. The van der Waals surface area contributed by atoms with Crippen molar-refractivity contribution < 1.29 is 18.8 Å². The van der Waals surface area contributed by atoms with Crippen LogP contribution in [0.3, 0.4) is 0 Å². The van der Waals surface area contributed by atoms with E-state index in [1.165, 1.54) is 18.2 Å². The summed E-state index contributed by atoms with van der Waals surface area (Å²) in [7, 11) is 1.44. The molecule has 6 nitrogen and oxygen atoms in total. The normalized spacial score (nSPS) is 46.0. The van der Waals surface area contributed by atoms with Crippen molar-refractivity contribution in [2.24, 2.45) is 39.4 Å². The van der Waals surface area contributed by atoms with Crippen LogP contribution in [0, 0.1) is 39.4 Å². The molecule has 0 unspecified atom stereocenters. The number of nitrogens with one attached hydrogen (secondary N) is 1. The fraction of sp³-hybridized carbons (Fsp3) is 0.788. The van der Waals surface area contributed by atoms with Crippen LogP contribution >= 0.6 is 0 Å². The van der Waals surface area contributed by atoms with Crippen molar-refractivity contribution in [2.75, 3.05) is 7.11 Å². The molecule has 1 aromatic heterocycles. The second kappa shape index (κ2) is 8.22. The average molecular weight is 537 g/mol. The summed E-state index contributed by atoms with van der Waals surface area (Å²) in [5, 5.41) is 7.55. The predicted molar refractivity (Wildman–Crippen MR) is 150 cm³/mol. The molecule has 0 bridgehead atoms. The molecule has 6 heteroatoms. The van der Waals surface area contributed by atoms with Crippen LogP contribution in [0.2, 0.25) is 0 Å². The summed E-state index contributed by atoms with van der Waals surface area (Å²) in [6.45, 7) is 16.6. The van der Waals surface area contributed by atoms with Gasteiger partial charge in [-0.1, -0.05) is 59.2 Å². The monoisotopic (exact) mass is 536 g/mol. The van der Waals surface area contributed by atoms with Crippen molar-refractivity contribution in [3.8, 4) is 0 Å². The molecule has 3 fully saturated rings. The van der Waals surface area contributed by atoms with Gasteiger partial charge in [-0.25, -0.2) is 4.79 Å². The molecule has 1 heterocycles. The lowest BCUT2D eigenvalue weighted by Crippen LogP contribution is -2.70. The Morgan fingerprint density at radius 3 is 2.51 bits per heavy atom. The van der Waals surface area contributed by atoms with Gasteiger partial charge in [-0.05, 0) is 97.4 Å². The fourth-order valence-corrected chi connectivity index (χ4v) is 11.0. The van der Waals surface area contributed by atoms with E-state index in [-0.39, 0.29) is 56.3 Å². The van der Waals surface area contributed by atoms with E-state index in [1.54, 1.807) is 0 Å². The molecule has 8 atom stereocenters. The lowest BCUT2D eigenvalue weighted by Gasteiger charge is -2.69. The first kappa shape index (κ1) is 27.1. The Balaban J connectivity index is 1.49. The number of rotatable bonds is 2. The zero-order chi connectivity index (χ0) is 28.2. The lowest BCUT2D eigenvalue weighted by molar-refractivity contribution is -0.161. The van der Waals surface area contributed by atoms with Crippen molar-refractivity contribution in [3.05, 3.63) is 29.2 Å². The molecule has 214 valence electrons. The molecule has 0 spiro atoms. The minimum absolute atomic E-state index is 0.0842. The quantitative estimate of drug-likeness (QED) is 0.433. The molecule has 0 aromatic carbocycles. The SMILES string of the molecule is CC[C@]1(C)c2oncc2C[C@]2(C)C3=CC(=O)[C@@H]4[C@@H]5CC(C)(C)CC[C@]5(NC(=O)OC)CC[C@@]4(C)[C@]3(C)CC[C@H]21. The molecular weight excluding hydrogens is 488 g/mol. The number of nitrogens with zero attached hydrogens (tertiary/aromatic N) is 1. The maximum absolute atomic E-state index is 14.6. The molecule has 1 N–H and O–H groups in total. The Morgan fingerprint density at radius 2 is 1.82 bits per heavy atom. The van der Waals surface area contributed by atoms with Gasteiger partial charge in [0.1, 0.15) is 5.76 Å². The van der Waals surface area contributed by atoms with Gasteiger partial charge in [-0.15, -0.1) is 0 Å². The number of hydrogen-bond acceptors (Lipinski definition) is 5. The zero-order valence-electron chi connectivity index (χ0n) is 25.3. The number of ketones is 1. The highest BCUT2D eigenvalue weighted by Crippen LogP contribution is 2.74. The van der Waals surface area contributed by atoms with Gasteiger partial charge < -0.3 is 14.6 Å². The number of methoxy groups -OCH3 is 1. The summed E-state index contributed by atoms with van der Waals surface area (Å²) in [5.74, 6) is 1.73. The van der Waals surface area contributed by atoms with E-state index in [0.717, 1.165) is 63.5 Å². The van der Waals surface area contributed by atoms with E-state index < -0.39 is 0 Å². The topological polar surface area (TPSA) is 81.4 Å². The Hall–Kier alpha value is -2.11. The fourth-order valence-electron chi connectivity index (χ4n) is 11.0. The van der Waals surface area contributed by atoms with Crippen molar-refractivity contribution in [1.82, 2.24) is 10.5 Å². The third-order valence-corrected chi connectivity index (χ3v) is 13.4. The van der Waals surface area contributed by atoms with Gasteiger partial charge in [0, 0.05) is 22.4 Å². The Labute approximate surface area is 234 Å². The van der Waals surface area contributed by atoms with E-state index in [1.807, 2.05) is 6.20 Å². The Morgan fingerprint density at radius 1 is 1.10 bits per heavy atom. The molecule has 1 aromatic rings. The van der Waals surface area contributed by atoms with Gasteiger partial charge in [0.2, 0.25) is 0 Å². The van der Waals surface area contributed by atoms with Crippen LogP contribution in [0.25, 0.3) is 0 Å². The van der Waals surface area contributed by atoms with Gasteiger partial charge in [0.15, 0.2) is 5.78 Å². The first-order valence-corrected chi connectivity index (χ1v) is 15.3. The molecular formula is C33H48N2O4. The molecule has 0 saturated heterocycles. The van der Waals surface area contributed by atoms with Gasteiger partial charge in [0.05, 0.1) is 13.3 Å². The number of fused-ring (bicyclic) bond motifs is 8. The number of carbonyl (C=O) groups excluding carboxylic acids is 2. The van der Waals surface area contributed by atoms with Gasteiger partial charge in [-0.2, -0.15) is 0 Å². The van der Waals surface area contributed by atoms with E-state index >= 15 is 0 Å². The number of amides is 1. The Kier molecular flexibility index (Phi) is 5.71. The van der Waals surface area contributed by atoms with E-state index in [9.17, 15) is 9.59 Å². The van der Waals surface area contributed by atoms with E-state index in [0.29, 0.717) is 5.92 Å². The molecule has 3 saturated carbocycles. The van der Waals surface area contributed by atoms with Crippen LogP contribution in [0.1, 0.15) is 111 Å². The summed E-state index contributed by atoms with van der Waals surface area (Å²) in [5.41, 5.74) is 1.86. The lowest BCUT2D eigenvalue weighted by atomic mass is 9.34. The van der Waals surface area contributed by atoms with Gasteiger partial charge >= 0.3 is 6.09 Å². The van der Waals surface area contributed by atoms with Crippen molar-refractivity contribution in [2.45, 2.75) is 117 Å². The number of carbonyl (C=O) groups is 2. The minimum atomic E-state index is -0.381. The maximum Gasteiger partial charge on any atom is 0.407 e. The smallest absolute Gasteiger partial charge is 0.407 e. The second-order valence-corrected chi connectivity index (χ2v) is 15.6. The van der Waals surface area contributed by atoms with Gasteiger partial charge in [0.25, 0.3) is 0 Å². The summed E-state index contributed by atoms with van der Waals surface area (Å²) in [6, 6.07) is 0. The first-order chi connectivity index (χ1) is 18.2. The first-order valence-electron chi connectivity index (χ1n) is 15.3. The zero-order valence-corrected chi connectivity index (χ0v) is 25.3. The van der Waals surface area contributed by atoms with Crippen LogP contribution < -0.4 is 5.32 Å². The highest BCUT2D eigenvalue weighted by molar-refractivity contribution is 5.95. The molecule has 0 radical (unpaired) electrons. The van der Waals surface area contributed by atoms with Crippen LogP contribution in [0.5, 0.6) is 0 Å². The van der Waals surface area contributed by atoms with Crippen molar-refractivity contribution >= 4 is 11.9 Å². The van der Waals surface area contributed by atoms with E-state index in [4.69, 9.17) is 9.26 Å². The van der Waals surface area contributed by atoms with Crippen molar-refractivity contribution in [1.29, 1.82) is 0 Å². The number of ether oxygens (including phenoxy) is 1. The maximum atomic E-state index is 14.6. The minimum Gasteiger partial charge on any atom is -0.453 e. The second-order valence-electron chi connectivity index (χ2n) is 15.6. The van der Waals surface area contributed by atoms with Crippen molar-refractivity contribution in [3.63, 3.8) is 0 Å². The number of aromatic nitrogens is 1. The molecule has 5 aliphatic carbocycles. The number of hydrogen-bond donors (Lipinski definition) is 1. The summed E-state index contributed by atoms with van der Waals surface area (Å²) in [4.78, 5) is 27.2. The molecule has 6 rings (SSSR count). The van der Waals surface area contributed by atoms with Crippen LogP contribution in [0.15, 0.2) is 22.4 Å². The molecule has 39 heavy (non-hydrogen) atoms. The summed E-state index contributed by atoms with van der Waals surface area (Å²) in [6.07, 6.45) is 12.4. The van der Waals surface area contributed by atoms with Crippen LogP contribution in [0.4, 0.5) is 4.79 Å². The molecule has 1 amide bonds. The predicted octanol–water partition coefficient (Wildman–Crippen LogP) is 7.17. The molecule has 5 aliphatic rings. The average Bonchev–Trinajstić information content (AvgIpc) is 3.34. The Bertz CT molecular complexity index is 1250. The van der Waals surface area contributed by atoms with Crippen LogP contribution in [-0.4, -0.2) is 29.7 Å². The highest BCUT2D eigenvalue weighted by atomic mass is 16.5. The number of alkyl carbamates (subject to hydrolysis) is 1. The standard InChI is InChI=1S/C33H48N2O4/c1-9-29(4)23-10-11-31(6)24(30(23,5)17-20-19-34-39-26(20)29)16-22(36)25-21-18-28(2,3)12-14-33(21,35-27(37)38-8)15-13-32(25,31)7/h16,19,21,23,25H,9-15,17-18H2,1-8H3,(H,35,37)/t21-,23-,25-,29-,30-,31+,32+,33-/m0/s1.